The Kier molecular flexibility index (Phi) is 4.67. The Morgan fingerprint density at radius 2 is 1.86 bits per heavy atom. The van der Waals surface area contributed by atoms with Gasteiger partial charge in [-0.1, -0.05) is 6.07 Å². The van der Waals surface area contributed by atoms with Crippen molar-refractivity contribution < 1.29 is 4.74 Å². The van der Waals surface area contributed by atoms with Crippen LogP contribution in [0, 0.1) is 0 Å². The lowest BCUT2D eigenvalue weighted by Crippen LogP contribution is -2.47. The highest BCUT2D eigenvalue weighted by Crippen LogP contribution is 2.34. The van der Waals surface area contributed by atoms with Crippen molar-refractivity contribution in [1.29, 1.82) is 0 Å². The number of benzene rings is 1. The highest BCUT2D eigenvalue weighted by atomic mass is 16.5. The second-order valence-corrected chi connectivity index (χ2v) is 8.05. The molecule has 1 unspecified atom stereocenters. The van der Waals surface area contributed by atoms with Gasteiger partial charge in [0.25, 0.3) is 0 Å². The van der Waals surface area contributed by atoms with E-state index in [-0.39, 0.29) is 0 Å². The Bertz CT molecular complexity index is 959. The standard InChI is InChI=1S/C22H26N6O/c1-28(18-10-16-4-5-17(11-18)25-16)22-8-7-20(26-27-22)14-3-6-19(21(9-14)29-2)15-12-23-24-13-15/h3,6-9,12-13,16-18,25H,4-5,10-11H2,1-2H3,(H,23,24)/t16-,17+,18?. The van der Waals surface area contributed by atoms with Crippen LogP contribution in [0.25, 0.3) is 22.4 Å². The second kappa shape index (κ2) is 7.48. The smallest absolute Gasteiger partial charge is 0.151 e. The summed E-state index contributed by atoms with van der Waals surface area (Å²) in [6, 6.07) is 12.0. The molecule has 3 aromatic rings. The van der Waals surface area contributed by atoms with Gasteiger partial charge in [0.05, 0.1) is 19.0 Å². The van der Waals surface area contributed by atoms with Gasteiger partial charge in [-0.15, -0.1) is 10.2 Å². The van der Waals surface area contributed by atoms with Crippen LogP contribution in [0.15, 0.2) is 42.7 Å². The summed E-state index contributed by atoms with van der Waals surface area (Å²) in [5, 5.41) is 19.6. The van der Waals surface area contributed by atoms with Gasteiger partial charge >= 0.3 is 0 Å². The Morgan fingerprint density at radius 3 is 2.52 bits per heavy atom. The molecule has 29 heavy (non-hydrogen) atoms. The highest BCUT2D eigenvalue weighted by molar-refractivity contribution is 5.74. The van der Waals surface area contributed by atoms with Crippen molar-refractivity contribution in [2.24, 2.45) is 0 Å². The van der Waals surface area contributed by atoms with Gasteiger partial charge in [-0.25, -0.2) is 0 Å². The first-order valence-electron chi connectivity index (χ1n) is 10.2. The molecule has 0 aliphatic carbocycles. The number of hydrogen-bond acceptors (Lipinski definition) is 6. The zero-order chi connectivity index (χ0) is 19.8. The van der Waals surface area contributed by atoms with Crippen molar-refractivity contribution >= 4 is 5.82 Å². The lowest BCUT2D eigenvalue weighted by atomic mass is 9.98. The molecule has 0 amide bonds. The van der Waals surface area contributed by atoms with E-state index in [4.69, 9.17) is 4.74 Å². The maximum absolute atomic E-state index is 5.59. The van der Waals surface area contributed by atoms with E-state index >= 15 is 0 Å². The second-order valence-electron chi connectivity index (χ2n) is 8.05. The summed E-state index contributed by atoms with van der Waals surface area (Å²) >= 11 is 0. The van der Waals surface area contributed by atoms with Gasteiger partial charge < -0.3 is 15.0 Å². The summed E-state index contributed by atoms with van der Waals surface area (Å²) in [5.74, 6) is 1.72. The third kappa shape index (κ3) is 3.46. The average Bonchev–Trinajstić information content (AvgIpc) is 3.42. The van der Waals surface area contributed by atoms with Crippen molar-refractivity contribution in [2.45, 2.75) is 43.8 Å². The number of methoxy groups -OCH3 is 1. The van der Waals surface area contributed by atoms with Gasteiger partial charge in [-0.05, 0) is 49.9 Å². The van der Waals surface area contributed by atoms with Gasteiger partial charge in [0.1, 0.15) is 5.75 Å². The van der Waals surface area contributed by atoms with Crippen LogP contribution in [0.1, 0.15) is 25.7 Å². The lowest BCUT2D eigenvalue weighted by Gasteiger charge is -2.36. The van der Waals surface area contributed by atoms with Crippen LogP contribution in [0.4, 0.5) is 5.82 Å². The number of anilines is 1. The van der Waals surface area contributed by atoms with Crippen molar-refractivity contribution in [3.8, 4) is 28.1 Å². The van der Waals surface area contributed by atoms with Crippen LogP contribution >= 0.6 is 0 Å². The number of nitrogens with one attached hydrogen (secondary N) is 2. The summed E-state index contributed by atoms with van der Waals surface area (Å²) in [6.07, 6.45) is 8.61. The lowest BCUT2D eigenvalue weighted by molar-refractivity contribution is 0.353. The molecule has 2 aromatic heterocycles. The number of ether oxygens (including phenoxy) is 1. The summed E-state index contributed by atoms with van der Waals surface area (Å²) in [4.78, 5) is 2.30. The molecule has 2 aliphatic rings. The van der Waals surface area contributed by atoms with Crippen LogP contribution in [-0.2, 0) is 0 Å². The fraction of sp³-hybridized carbons (Fsp3) is 0.409. The van der Waals surface area contributed by atoms with Gasteiger partial charge in [-0.2, -0.15) is 5.10 Å². The van der Waals surface area contributed by atoms with Crippen LogP contribution in [0.2, 0.25) is 0 Å². The molecular weight excluding hydrogens is 364 g/mol. The van der Waals surface area contributed by atoms with Crippen LogP contribution in [-0.4, -0.2) is 52.7 Å². The van der Waals surface area contributed by atoms with E-state index < -0.39 is 0 Å². The van der Waals surface area contributed by atoms with Crippen LogP contribution in [0.5, 0.6) is 5.75 Å². The molecule has 4 heterocycles. The SMILES string of the molecule is COc1cc(-c2ccc(N(C)C3C[C@H]4CC[C@@H](C3)N4)nn2)ccc1-c1cn[nH]c1. The van der Waals surface area contributed by atoms with E-state index in [0.29, 0.717) is 18.1 Å². The van der Waals surface area contributed by atoms with E-state index in [1.54, 1.807) is 13.3 Å². The van der Waals surface area contributed by atoms with Crippen molar-refractivity contribution in [3.63, 3.8) is 0 Å². The van der Waals surface area contributed by atoms with E-state index in [2.05, 4.69) is 43.7 Å². The quantitative estimate of drug-likeness (QED) is 0.696. The van der Waals surface area contributed by atoms with Gasteiger partial charge in [0.15, 0.2) is 5.82 Å². The first-order chi connectivity index (χ1) is 14.2. The topological polar surface area (TPSA) is 79.0 Å². The molecule has 150 valence electrons. The number of aromatic nitrogens is 4. The van der Waals surface area contributed by atoms with E-state index in [1.807, 2.05) is 30.5 Å². The molecule has 7 heteroatoms. The molecule has 3 atom stereocenters. The number of hydrogen-bond donors (Lipinski definition) is 2. The van der Waals surface area contributed by atoms with E-state index in [0.717, 1.165) is 34.0 Å². The minimum atomic E-state index is 0.531. The Morgan fingerprint density at radius 1 is 1.03 bits per heavy atom. The molecule has 2 bridgehead atoms. The van der Waals surface area contributed by atoms with Crippen LogP contribution < -0.4 is 15.0 Å². The largest absolute Gasteiger partial charge is 0.496 e. The molecule has 2 aliphatic heterocycles. The highest BCUT2D eigenvalue weighted by Gasteiger charge is 2.35. The van der Waals surface area contributed by atoms with Crippen LogP contribution in [0.3, 0.4) is 0 Å². The predicted octanol–water partition coefficient (Wildman–Crippen LogP) is 3.26. The molecular formula is C22H26N6O. The maximum atomic E-state index is 5.59. The normalized spacial score (nSPS) is 23.2. The maximum Gasteiger partial charge on any atom is 0.151 e. The third-order valence-electron chi connectivity index (χ3n) is 6.31. The molecule has 2 fully saturated rings. The monoisotopic (exact) mass is 390 g/mol. The third-order valence-corrected chi connectivity index (χ3v) is 6.31. The molecule has 2 N–H and O–H groups in total. The number of rotatable bonds is 5. The van der Waals surface area contributed by atoms with Crippen molar-refractivity contribution in [3.05, 3.63) is 42.7 Å². The Hall–Kier alpha value is -2.93. The Balaban J connectivity index is 1.36. The minimum Gasteiger partial charge on any atom is -0.496 e. The molecule has 5 rings (SSSR count). The van der Waals surface area contributed by atoms with Gasteiger partial charge in [0, 0.05) is 48.1 Å². The average molecular weight is 390 g/mol. The molecule has 0 saturated carbocycles. The molecule has 0 radical (unpaired) electrons. The van der Waals surface area contributed by atoms with Gasteiger partial charge in [-0.3, -0.25) is 5.10 Å². The summed E-state index contributed by atoms with van der Waals surface area (Å²) in [6.45, 7) is 0. The number of aromatic amines is 1. The molecule has 2 saturated heterocycles. The van der Waals surface area contributed by atoms with Crippen molar-refractivity contribution in [1.82, 2.24) is 25.7 Å². The zero-order valence-corrected chi connectivity index (χ0v) is 16.8. The molecule has 7 nitrogen and oxygen atoms in total. The first kappa shape index (κ1) is 18.1. The fourth-order valence-electron chi connectivity index (χ4n) is 4.69. The zero-order valence-electron chi connectivity index (χ0n) is 16.8. The Labute approximate surface area is 170 Å². The summed E-state index contributed by atoms with van der Waals surface area (Å²) < 4.78 is 5.59. The minimum absolute atomic E-state index is 0.531. The summed E-state index contributed by atoms with van der Waals surface area (Å²) in [5.41, 5.74) is 3.81. The number of piperidine rings is 1. The van der Waals surface area contributed by atoms with E-state index in [9.17, 15) is 0 Å². The predicted molar refractivity (Wildman–Crippen MR) is 113 cm³/mol. The molecule has 1 aromatic carbocycles. The number of nitrogens with zero attached hydrogens (tertiary/aromatic N) is 4. The molecule has 0 spiro atoms. The number of fused-ring (bicyclic) bond motifs is 2. The number of H-pyrrole nitrogens is 1. The summed E-state index contributed by atoms with van der Waals surface area (Å²) in [7, 11) is 3.82. The van der Waals surface area contributed by atoms with Gasteiger partial charge in [0.2, 0.25) is 0 Å². The fourth-order valence-corrected chi connectivity index (χ4v) is 4.69. The van der Waals surface area contributed by atoms with Crippen molar-refractivity contribution in [2.75, 3.05) is 19.1 Å². The first-order valence-corrected chi connectivity index (χ1v) is 10.2. The van der Waals surface area contributed by atoms with E-state index in [1.165, 1.54) is 25.7 Å².